The van der Waals surface area contributed by atoms with Gasteiger partial charge >= 0.3 is 0 Å². The van der Waals surface area contributed by atoms with Crippen LogP contribution >= 0.6 is 12.2 Å². The highest BCUT2D eigenvalue weighted by molar-refractivity contribution is 7.80. The van der Waals surface area contributed by atoms with Crippen LogP contribution < -0.4 is 5.32 Å². The van der Waals surface area contributed by atoms with Crippen LogP contribution in [0.25, 0.3) is 0 Å². The van der Waals surface area contributed by atoms with E-state index in [-0.39, 0.29) is 0 Å². The fourth-order valence-corrected chi connectivity index (χ4v) is 3.78. The van der Waals surface area contributed by atoms with Gasteiger partial charge in [0.05, 0.1) is 6.04 Å². The quantitative estimate of drug-likeness (QED) is 0.797. The van der Waals surface area contributed by atoms with Gasteiger partial charge in [0.25, 0.3) is 0 Å². The minimum Gasteiger partial charge on any atom is -0.360 e. The number of fused-ring (bicyclic) bond motifs is 1. The third-order valence-electron chi connectivity index (χ3n) is 4.54. The van der Waals surface area contributed by atoms with Crippen molar-refractivity contribution < 1.29 is 0 Å². The van der Waals surface area contributed by atoms with E-state index in [1.165, 1.54) is 37.8 Å². The van der Waals surface area contributed by atoms with Crippen LogP contribution in [0.5, 0.6) is 0 Å². The van der Waals surface area contributed by atoms with E-state index in [2.05, 4.69) is 40.0 Å². The maximum Gasteiger partial charge on any atom is 0.169 e. The van der Waals surface area contributed by atoms with Crippen LogP contribution in [0.3, 0.4) is 0 Å². The molecule has 0 saturated heterocycles. The van der Waals surface area contributed by atoms with Crippen molar-refractivity contribution in [3.63, 3.8) is 0 Å². The summed E-state index contributed by atoms with van der Waals surface area (Å²) in [5, 5.41) is 4.54. The molecule has 1 aromatic rings. The second-order valence-electron chi connectivity index (χ2n) is 5.78. The molecule has 104 valence electrons. The number of hydrogen-bond acceptors (Lipinski definition) is 1. The molecular formula is C15H23N3S. The summed E-state index contributed by atoms with van der Waals surface area (Å²) in [5.41, 5.74) is 1.37. The van der Waals surface area contributed by atoms with Crippen molar-refractivity contribution in [1.29, 1.82) is 0 Å². The topological polar surface area (TPSA) is 20.2 Å². The molecule has 0 unspecified atom stereocenters. The molecule has 2 aliphatic rings. The number of thiocarbonyl (C=S) groups is 1. The highest BCUT2D eigenvalue weighted by atomic mass is 32.1. The Balaban J connectivity index is 1.64. The second kappa shape index (κ2) is 5.53. The Labute approximate surface area is 121 Å². The molecule has 1 aromatic heterocycles. The van der Waals surface area contributed by atoms with Crippen LogP contribution in [0.1, 0.15) is 50.8 Å². The van der Waals surface area contributed by atoms with Gasteiger partial charge in [-0.05, 0) is 44.1 Å². The molecule has 1 atom stereocenters. The van der Waals surface area contributed by atoms with E-state index in [4.69, 9.17) is 12.2 Å². The lowest BCUT2D eigenvalue weighted by atomic mass is 9.96. The summed E-state index contributed by atoms with van der Waals surface area (Å²) in [6, 6.07) is 5.32. The van der Waals surface area contributed by atoms with Crippen molar-refractivity contribution in [3.05, 3.63) is 24.0 Å². The Hall–Kier alpha value is -1.03. The molecule has 1 saturated carbocycles. The van der Waals surface area contributed by atoms with Gasteiger partial charge in [0.2, 0.25) is 0 Å². The molecule has 3 rings (SSSR count). The standard InChI is InChI=1S/C15H23N3S/c1-12-14-8-5-9-17(14)10-11-18(12)15(19)16-13-6-3-2-4-7-13/h5,8-9,12-13H,2-4,6-7,10-11H2,1H3,(H,16,19)/t12-/m0/s1. The zero-order valence-corrected chi connectivity index (χ0v) is 12.5. The maximum atomic E-state index is 5.64. The molecule has 1 aliphatic carbocycles. The SMILES string of the molecule is C[C@H]1c2cccn2CCN1C(=S)NC1CCCCC1. The Bertz CT molecular complexity index is 448. The molecular weight excluding hydrogens is 254 g/mol. The molecule has 0 radical (unpaired) electrons. The Morgan fingerprint density at radius 2 is 2.05 bits per heavy atom. The maximum absolute atomic E-state index is 5.64. The number of hydrogen-bond donors (Lipinski definition) is 1. The zero-order valence-electron chi connectivity index (χ0n) is 11.6. The van der Waals surface area contributed by atoms with E-state index in [9.17, 15) is 0 Å². The molecule has 1 N–H and O–H groups in total. The number of nitrogens with one attached hydrogen (secondary N) is 1. The van der Waals surface area contributed by atoms with Crippen molar-refractivity contribution in [2.75, 3.05) is 6.54 Å². The van der Waals surface area contributed by atoms with Crippen molar-refractivity contribution in [3.8, 4) is 0 Å². The summed E-state index contributed by atoms with van der Waals surface area (Å²) in [7, 11) is 0. The van der Waals surface area contributed by atoms with Gasteiger partial charge in [0.1, 0.15) is 0 Å². The van der Waals surface area contributed by atoms with E-state index in [1.807, 2.05) is 0 Å². The van der Waals surface area contributed by atoms with E-state index >= 15 is 0 Å². The van der Waals surface area contributed by atoms with Gasteiger partial charge < -0.3 is 14.8 Å². The zero-order chi connectivity index (χ0) is 13.2. The monoisotopic (exact) mass is 277 g/mol. The smallest absolute Gasteiger partial charge is 0.169 e. The van der Waals surface area contributed by atoms with Gasteiger partial charge in [0, 0.05) is 31.0 Å². The van der Waals surface area contributed by atoms with Gasteiger partial charge in [-0.3, -0.25) is 0 Å². The van der Waals surface area contributed by atoms with Crippen molar-refractivity contribution in [2.24, 2.45) is 0 Å². The highest BCUT2D eigenvalue weighted by Crippen LogP contribution is 2.26. The van der Waals surface area contributed by atoms with Crippen molar-refractivity contribution in [1.82, 2.24) is 14.8 Å². The van der Waals surface area contributed by atoms with Crippen molar-refractivity contribution >= 4 is 17.3 Å². The average molecular weight is 277 g/mol. The van der Waals surface area contributed by atoms with E-state index < -0.39 is 0 Å². The molecule has 0 spiro atoms. The highest BCUT2D eigenvalue weighted by Gasteiger charge is 2.26. The summed E-state index contributed by atoms with van der Waals surface area (Å²) in [6.07, 6.45) is 8.80. The van der Waals surface area contributed by atoms with Gasteiger partial charge in [0.15, 0.2) is 5.11 Å². The molecule has 2 heterocycles. The summed E-state index contributed by atoms with van der Waals surface area (Å²) in [6.45, 7) is 4.31. The third kappa shape index (κ3) is 2.64. The number of aromatic nitrogens is 1. The number of rotatable bonds is 1. The Kier molecular flexibility index (Phi) is 3.78. The lowest BCUT2D eigenvalue weighted by molar-refractivity contribution is 0.263. The fourth-order valence-electron chi connectivity index (χ4n) is 3.36. The average Bonchev–Trinajstić information content (AvgIpc) is 2.89. The van der Waals surface area contributed by atoms with E-state index in [1.54, 1.807) is 0 Å². The van der Waals surface area contributed by atoms with Crippen LogP contribution in [0.4, 0.5) is 0 Å². The normalized spacial score (nSPS) is 24.1. The molecule has 1 aliphatic heterocycles. The summed E-state index contributed by atoms with van der Waals surface area (Å²) in [4.78, 5) is 2.35. The van der Waals surface area contributed by atoms with Crippen LogP contribution in [0, 0.1) is 0 Å². The molecule has 3 nitrogen and oxygen atoms in total. The molecule has 0 aromatic carbocycles. The minimum absolute atomic E-state index is 0.382. The summed E-state index contributed by atoms with van der Waals surface area (Å²) in [5.74, 6) is 0. The van der Waals surface area contributed by atoms with Gasteiger partial charge in [-0.25, -0.2) is 0 Å². The van der Waals surface area contributed by atoms with Crippen LogP contribution in [0.15, 0.2) is 18.3 Å². The molecule has 4 heteroatoms. The van der Waals surface area contributed by atoms with E-state index in [0.717, 1.165) is 18.2 Å². The van der Waals surface area contributed by atoms with Crippen LogP contribution in [0.2, 0.25) is 0 Å². The molecule has 19 heavy (non-hydrogen) atoms. The third-order valence-corrected chi connectivity index (χ3v) is 4.89. The Morgan fingerprint density at radius 3 is 2.84 bits per heavy atom. The first-order chi connectivity index (χ1) is 9.25. The number of nitrogens with zero attached hydrogens (tertiary/aromatic N) is 2. The van der Waals surface area contributed by atoms with Gasteiger partial charge in [-0.2, -0.15) is 0 Å². The first-order valence-electron chi connectivity index (χ1n) is 7.48. The van der Waals surface area contributed by atoms with Crippen molar-refractivity contribution in [2.45, 2.75) is 57.7 Å². The Morgan fingerprint density at radius 1 is 1.26 bits per heavy atom. The molecule has 1 fully saturated rings. The second-order valence-corrected chi connectivity index (χ2v) is 6.17. The fraction of sp³-hybridized carbons (Fsp3) is 0.667. The summed E-state index contributed by atoms with van der Waals surface area (Å²) >= 11 is 5.64. The van der Waals surface area contributed by atoms with Crippen LogP contribution in [-0.2, 0) is 6.54 Å². The van der Waals surface area contributed by atoms with Gasteiger partial charge in [-0.1, -0.05) is 19.3 Å². The lowest BCUT2D eigenvalue weighted by Gasteiger charge is -2.38. The van der Waals surface area contributed by atoms with E-state index in [0.29, 0.717) is 12.1 Å². The predicted octanol–water partition coefficient (Wildman–Crippen LogP) is 3.07. The first-order valence-corrected chi connectivity index (χ1v) is 7.88. The van der Waals surface area contributed by atoms with Gasteiger partial charge in [-0.15, -0.1) is 0 Å². The first kappa shape index (κ1) is 13.0. The minimum atomic E-state index is 0.382. The molecule has 0 bridgehead atoms. The lowest BCUT2D eigenvalue weighted by Crippen LogP contribution is -2.49. The summed E-state index contributed by atoms with van der Waals surface area (Å²) < 4.78 is 2.34. The largest absolute Gasteiger partial charge is 0.360 e. The van der Waals surface area contributed by atoms with Crippen LogP contribution in [-0.4, -0.2) is 27.2 Å². The predicted molar refractivity (Wildman–Crippen MR) is 82.2 cm³/mol. The molecule has 0 amide bonds.